The van der Waals surface area contributed by atoms with Crippen LogP contribution in [0.4, 0.5) is 4.39 Å². The molecule has 3 rings (SSSR count). The van der Waals surface area contributed by atoms with Gasteiger partial charge in [0.15, 0.2) is 0 Å². The minimum atomic E-state index is -0.213. The maximum atomic E-state index is 13.6. The summed E-state index contributed by atoms with van der Waals surface area (Å²) in [5, 5.41) is 0. The van der Waals surface area contributed by atoms with E-state index < -0.39 is 0 Å². The van der Waals surface area contributed by atoms with Crippen LogP contribution in [0.25, 0.3) is 11.0 Å². The Bertz CT molecular complexity index is 673. The summed E-state index contributed by atoms with van der Waals surface area (Å²) in [4.78, 5) is 4.63. The number of fused-ring (bicyclic) bond motifs is 1. The Balaban J connectivity index is 2.04. The van der Waals surface area contributed by atoms with Crippen molar-refractivity contribution in [2.45, 2.75) is 40.7 Å². The zero-order chi connectivity index (χ0) is 15.4. The smallest absolute Gasteiger partial charge is 0.125 e. The maximum Gasteiger partial charge on any atom is 0.125 e. The molecule has 0 unspecified atom stereocenters. The summed E-state index contributed by atoms with van der Waals surface area (Å²) in [6.45, 7) is 10.1. The number of halogens is 2. The molecule has 0 aliphatic heterocycles. The van der Waals surface area contributed by atoms with Crippen LogP contribution >= 0.6 is 11.6 Å². The van der Waals surface area contributed by atoms with Gasteiger partial charge in [-0.1, -0.05) is 27.7 Å². The first-order valence-corrected chi connectivity index (χ1v) is 8.03. The standard InChI is InChI=1S/C17H22ClFN2/c1-16(2)14(17(16,3)4)10-21-13-9-11(19)5-6-12(13)20-15(21)7-8-18/h5-6,9,14H,7-8,10H2,1-4H3. The summed E-state index contributed by atoms with van der Waals surface area (Å²) in [5.74, 6) is 1.85. The van der Waals surface area contributed by atoms with Crippen molar-refractivity contribution in [2.24, 2.45) is 16.7 Å². The molecule has 1 aromatic heterocycles. The molecule has 1 aliphatic carbocycles. The van der Waals surface area contributed by atoms with Gasteiger partial charge >= 0.3 is 0 Å². The molecule has 0 spiro atoms. The van der Waals surface area contributed by atoms with Crippen LogP contribution in [-0.2, 0) is 13.0 Å². The van der Waals surface area contributed by atoms with Crippen molar-refractivity contribution in [3.63, 3.8) is 0 Å². The molecule has 1 aliphatic rings. The van der Waals surface area contributed by atoms with Crippen LogP contribution in [0.5, 0.6) is 0 Å². The number of benzene rings is 1. The Morgan fingerprint density at radius 3 is 2.48 bits per heavy atom. The number of aryl methyl sites for hydroxylation is 1. The van der Waals surface area contributed by atoms with Crippen LogP contribution in [0.1, 0.15) is 33.5 Å². The van der Waals surface area contributed by atoms with Crippen molar-refractivity contribution in [2.75, 3.05) is 5.88 Å². The van der Waals surface area contributed by atoms with E-state index in [9.17, 15) is 4.39 Å². The predicted molar refractivity (Wildman–Crippen MR) is 85.2 cm³/mol. The molecule has 0 saturated heterocycles. The average Bonchev–Trinajstić information content (AvgIpc) is 2.69. The third kappa shape index (κ3) is 2.17. The van der Waals surface area contributed by atoms with Gasteiger partial charge in [0.25, 0.3) is 0 Å². The fraction of sp³-hybridized carbons (Fsp3) is 0.588. The van der Waals surface area contributed by atoms with Crippen molar-refractivity contribution in [1.29, 1.82) is 0 Å². The lowest BCUT2D eigenvalue weighted by atomic mass is 10.0. The van der Waals surface area contributed by atoms with E-state index in [1.807, 2.05) is 0 Å². The van der Waals surface area contributed by atoms with Gasteiger partial charge in [-0.05, 0) is 34.9 Å². The lowest BCUT2D eigenvalue weighted by Gasteiger charge is -2.10. The average molecular weight is 309 g/mol. The number of nitrogens with zero attached hydrogens (tertiary/aromatic N) is 2. The Morgan fingerprint density at radius 2 is 1.90 bits per heavy atom. The van der Waals surface area contributed by atoms with E-state index in [4.69, 9.17) is 11.6 Å². The lowest BCUT2D eigenvalue weighted by molar-refractivity contribution is 0.457. The van der Waals surface area contributed by atoms with Gasteiger partial charge in [0, 0.05) is 18.8 Å². The Kier molecular flexibility index (Phi) is 3.32. The van der Waals surface area contributed by atoms with Crippen LogP contribution in [-0.4, -0.2) is 15.4 Å². The van der Waals surface area contributed by atoms with Gasteiger partial charge in [-0.3, -0.25) is 0 Å². The third-order valence-corrected chi connectivity index (χ3v) is 5.98. The van der Waals surface area contributed by atoms with Gasteiger partial charge in [0.05, 0.1) is 11.0 Å². The minimum absolute atomic E-state index is 0.213. The highest BCUT2D eigenvalue weighted by molar-refractivity contribution is 6.17. The first-order valence-electron chi connectivity index (χ1n) is 7.49. The van der Waals surface area contributed by atoms with Crippen molar-refractivity contribution >= 4 is 22.6 Å². The summed E-state index contributed by atoms with van der Waals surface area (Å²) in [5.41, 5.74) is 2.34. The number of imidazole rings is 1. The van der Waals surface area contributed by atoms with Gasteiger partial charge in [-0.25, -0.2) is 9.37 Å². The molecule has 1 heterocycles. The molecular weight excluding hydrogens is 287 g/mol. The van der Waals surface area contributed by atoms with Crippen LogP contribution in [0.3, 0.4) is 0 Å². The molecule has 2 nitrogen and oxygen atoms in total. The van der Waals surface area contributed by atoms with Crippen LogP contribution in [0.15, 0.2) is 18.2 Å². The summed E-state index contributed by atoms with van der Waals surface area (Å²) in [6.07, 6.45) is 0.714. The monoisotopic (exact) mass is 308 g/mol. The third-order valence-electron chi connectivity index (χ3n) is 5.79. The maximum absolute atomic E-state index is 13.6. The van der Waals surface area contributed by atoms with Gasteiger partial charge in [0.2, 0.25) is 0 Å². The molecule has 1 aromatic carbocycles. The second kappa shape index (κ2) is 4.70. The lowest BCUT2D eigenvalue weighted by Crippen LogP contribution is -2.09. The number of aromatic nitrogens is 2. The molecule has 0 bridgehead atoms. The minimum Gasteiger partial charge on any atom is -0.328 e. The molecule has 0 amide bonds. The van der Waals surface area contributed by atoms with Crippen LogP contribution < -0.4 is 0 Å². The van der Waals surface area contributed by atoms with E-state index >= 15 is 0 Å². The quantitative estimate of drug-likeness (QED) is 0.752. The van der Waals surface area contributed by atoms with Gasteiger partial charge in [-0.15, -0.1) is 11.6 Å². The van der Waals surface area contributed by atoms with Gasteiger partial charge in [0.1, 0.15) is 11.6 Å². The van der Waals surface area contributed by atoms with E-state index in [1.54, 1.807) is 12.1 Å². The van der Waals surface area contributed by atoms with Crippen LogP contribution in [0, 0.1) is 22.6 Å². The second-order valence-corrected chi connectivity index (χ2v) is 7.58. The Labute approximate surface area is 130 Å². The fourth-order valence-electron chi connectivity index (χ4n) is 3.60. The Morgan fingerprint density at radius 1 is 1.24 bits per heavy atom. The molecule has 0 radical (unpaired) electrons. The summed E-state index contributed by atoms with van der Waals surface area (Å²) in [7, 11) is 0. The van der Waals surface area contributed by atoms with E-state index in [2.05, 4.69) is 37.2 Å². The predicted octanol–water partition coefficient (Wildman–Crippen LogP) is 4.64. The van der Waals surface area contributed by atoms with E-state index in [-0.39, 0.29) is 5.82 Å². The normalized spacial score (nSPS) is 20.1. The zero-order valence-electron chi connectivity index (χ0n) is 13.1. The van der Waals surface area contributed by atoms with Crippen LogP contribution in [0.2, 0.25) is 0 Å². The van der Waals surface area contributed by atoms with Gasteiger partial charge < -0.3 is 4.57 Å². The number of rotatable bonds is 4. The van der Waals surface area contributed by atoms with E-state index in [1.165, 1.54) is 6.07 Å². The molecule has 0 atom stereocenters. The fourth-order valence-corrected chi connectivity index (χ4v) is 3.77. The van der Waals surface area contributed by atoms with E-state index in [0.717, 1.165) is 23.4 Å². The van der Waals surface area contributed by atoms with Gasteiger partial charge in [-0.2, -0.15) is 0 Å². The largest absolute Gasteiger partial charge is 0.328 e. The molecule has 1 fully saturated rings. The molecule has 4 heteroatoms. The van der Waals surface area contributed by atoms with Crippen molar-refractivity contribution in [3.8, 4) is 0 Å². The highest BCUT2D eigenvalue weighted by Crippen LogP contribution is 2.69. The molecular formula is C17H22ClFN2. The SMILES string of the molecule is CC1(C)C(Cn2c(CCCl)nc3ccc(F)cc32)C1(C)C. The van der Waals surface area contributed by atoms with Crippen molar-refractivity contribution in [1.82, 2.24) is 9.55 Å². The number of alkyl halides is 1. The first kappa shape index (κ1) is 14.8. The highest BCUT2D eigenvalue weighted by Gasteiger charge is 2.64. The Hall–Kier alpha value is -1.09. The van der Waals surface area contributed by atoms with E-state index in [0.29, 0.717) is 29.0 Å². The topological polar surface area (TPSA) is 17.8 Å². The molecule has 114 valence electrons. The molecule has 2 aromatic rings. The summed E-state index contributed by atoms with van der Waals surface area (Å²) >= 11 is 5.90. The highest BCUT2D eigenvalue weighted by atomic mass is 35.5. The number of hydrogen-bond acceptors (Lipinski definition) is 1. The van der Waals surface area contributed by atoms with Crippen molar-refractivity contribution < 1.29 is 4.39 Å². The zero-order valence-corrected chi connectivity index (χ0v) is 13.8. The molecule has 1 saturated carbocycles. The summed E-state index contributed by atoms with van der Waals surface area (Å²) in [6, 6.07) is 4.81. The first-order chi connectivity index (χ1) is 9.79. The molecule has 0 N–H and O–H groups in total. The molecule has 21 heavy (non-hydrogen) atoms. The second-order valence-electron chi connectivity index (χ2n) is 7.21. The summed E-state index contributed by atoms with van der Waals surface area (Å²) < 4.78 is 15.8. The number of hydrogen-bond donors (Lipinski definition) is 0. The van der Waals surface area contributed by atoms with Crippen molar-refractivity contribution in [3.05, 3.63) is 29.8 Å².